The van der Waals surface area contributed by atoms with Crippen LogP contribution in [0.4, 0.5) is 0 Å². The van der Waals surface area contributed by atoms with Crippen LogP contribution in [-0.4, -0.2) is 12.6 Å². The smallest absolute Gasteiger partial charge is 0.0124 e. The summed E-state index contributed by atoms with van der Waals surface area (Å²) < 4.78 is 0. The highest BCUT2D eigenvalue weighted by atomic mass is 14.9. The number of rotatable bonds is 4. The van der Waals surface area contributed by atoms with Crippen molar-refractivity contribution in [3.05, 3.63) is 0 Å². The molecule has 0 aliphatic heterocycles. The Bertz CT molecular complexity index is 269. The Labute approximate surface area is 119 Å². The lowest BCUT2D eigenvalue weighted by Gasteiger charge is -2.43. The predicted octanol–water partition coefficient (Wildman–Crippen LogP) is 4.76. The summed E-state index contributed by atoms with van der Waals surface area (Å²) in [7, 11) is 0. The molecule has 0 spiro atoms. The highest BCUT2D eigenvalue weighted by molar-refractivity contribution is 4.92. The van der Waals surface area contributed by atoms with Crippen LogP contribution < -0.4 is 5.32 Å². The molecule has 0 aromatic heterocycles. The van der Waals surface area contributed by atoms with Gasteiger partial charge in [0.2, 0.25) is 0 Å². The summed E-state index contributed by atoms with van der Waals surface area (Å²) >= 11 is 0. The molecule has 0 radical (unpaired) electrons. The molecule has 3 saturated carbocycles. The van der Waals surface area contributed by atoms with Gasteiger partial charge >= 0.3 is 0 Å². The Hall–Kier alpha value is -0.0400. The van der Waals surface area contributed by atoms with Gasteiger partial charge in [0, 0.05) is 6.04 Å². The van der Waals surface area contributed by atoms with Crippen molar-refractivity contribution in [1.29, 1.82) is 0 Å². The second-order valence-corrected chi connectivity index (χ2v) is 7.51. The van der Waals surface area contributed by atoms with Crippen LogP contribution in [0, 0.1) is 23.7 Å². The quantitative estimate of drug-likeness (QED) is 0.771. The topological polar surface area (TPSA) is 12.0 Å². The molecule has 0 amide bonds. The molecular weight excluding hydrogens is 230 g/mol. The third-order valence-corrected chi connectivity index (χ3v) is 6.44. The van der Waals surface area contributed by atoms with Crippen LogP contribution in [0.3, 0.4) is 0 Å². The van der Waals surface area contributed by atoms with Crippen molar-refractivity contribution in [2.24, 2.45) is 23.7 Å². The van der Waals surface area contributed by atoms with Crippen molar-refractivity contribution < 1.29 is 0 Å². The largest absolute Gasteiger partial charge is 0.314 e. The maximum atomic E-state index is 3.89. The van der Waals surface area contributed by atoms with Crippen molar-refractivity contribution in [1.82, 2.24) is 5.32 Å². The minimum Gasteiger partial charge on any atom is -0.314 e. The van der Waals surface area contributed by atoms with Gasteiger partial charge in [-0.15, -0.1) is 0 Å². The number of fused-ring (bicyclic) bond motifs is 1. The molecule has 19 heavy (non-hydrogen) atoms. The van der Waals surface area contributed by atoms with Gasteiger partial charge in [0.15, 0.2) is 0 Å². The average molecular weight is 263 g/mol. The van der Waals surface area contributed by atoms with E-state index in [2.05, 4.69) is 12.2 Å². The monoisotopic (exact) mass is 263 g/mol. The van der Waals surface area contributed by atoms with E-state index in [9.17, 15) is 0 Å². The van der Waals surface area contributed by atoms with Gasteiger partial charge in [-0.2, -0.15) is 0 Å². The minimum atomic E-state index is 0.857. The fourth-order valence-corrected chi connectivity index (χ4v) is 5.51. The fourth-order valence-electron chi connectivity index (χ4n) is 5.51. The number of hydrogen-bond acceptors (Lipinski definition) is 1. The second-order valence-electron chi connectivity index (χ2n) is 7.51. The maximum absolute atomic E-state index is 3.89. The SMILES string of the molecule is CCNC(C1CCCC1)C1CCC2CCCCC2C1. The van der Waals surface area contributed by atoms with Crippen LogP contribution in [0.25, 0.3) is 0 Å². The van der Waals surface area contributed by atoms with Gasteiger partial charge < -0.3 is 5.32 Å². The summed E-state index contributed by atoms with van der Waals surface area (Å²) in [6.07, 6.45) is 16.7. The van der Waals surface area contributed by atoms with E-state index in [1.807, 2.05) is 0 Å². The van der Waals surface area contributed by atoms with Gasteiger partial charge in [-0.1, -0.05) is 45.4 Å². The van der Waals surface area contributed by atoms with Crippen molar-refractivity contribution in [2.75, 3.05) is 6.54 Å². The average Bonchev–Trinajstić information content (AvgIpc) is 2.98. The summed E-state index contributed by atoms with van der Waals surface area (Å²) in [5.74, 6) is 4.21. The molecule has 4 unspecified atom stereocenters. The molecule has 0 bridgehead atoms. The molecule has 4 atom stereocenters. The van der Waals surface area contributed by atoms with E-state index in [-0.39, 0.29) is 0 Å². The van der Waals surface area contributed by atoms with Crippen LogP contribution in [0.2, 0.25) is 0 Å². The number of nitrogens with one attached hydrogen (secondary N) is 1. The van der Waals surface area contributed by atoms with E-state index in [4.69, 9.17) is 0 Å². The van der Waals surface area contributed by atoms with Gasteiger partial charge in [-0.25, -0.2) is 0 Å². The van der Waals surface area contributed by atoms with E-state index in [0.29, 0.717) is 0 Å². The molecule has 3 fully saturated rings. The minimum absolute atomic E-state index is 0.857. The lowest BCUT2D eigenvalue weighted by Crippen LogP contribution is -2.44. The summed E-state index contributed by atoms with van der Waals surface area (Å²) in [6.45, 7) is 3.47. The molecular formula is C18H33N. The molecule has 1 heteroatoms. The Kier molecular flexibility index (Phi) is 4.84. The van der Waals surface area contributed by atoms with Gasteiger partial charge in [0.25, 0.3) is 0 Å². The van der Waals surface area contributed by atoms with E-state index in [1.165, 1.54) is 51.5 Å². The summed E-state index contributed by atoms with van der Waals surface area (Å²) in [4.78, 5) is 0. The van der Waals surface area contributed by atoms with Crippen LogP contribution in [-0.2, 0) is 0 Å². The first-order valence-electron chi connectivity index (χ1n) is 9.12. The van der Waals surface area contributed by atoms with Crippen molar-refractivity contribution in [2.45, 2.75) is 83.6 Å². The van der Waals surface area contributed by atoms with Crippen molar-refractivity contribution in [3.63, 3.8) is 0 Å². The van der Waals surface area contributed by atoms with Crippen molar-refractivity contribution in [3.8, 4) is 0 Å². The van der Waals surface area contributed by atoms with Crippen LogP contribution >= 0.6 is 0 Å². The van der Waals surface area contributed by atoms with E-state index in [1.54, 1.807) is 25.7 Å². The highest BCUT2D eigenvalue weighted by Crippen LogP contribution is 2.45. The molecule has 3 aliphatic carbocycles. The second kappa shape index (κ2) is 6.61. The van der Waals surface area contributed by atoms with Gasteiger partial charge in [0.05, 0.1) is 0 Å². The van der Waals surface area contributed by atoms with Gasteiger partial charge in [-0.05, 0) is 62.3 Å². The lowest BCUT2D eigenvalue weighted by atomic mass is 9.65. The Balaban J connectivity index is 1.61. The van der Waals surface area contributed by atoms with E-state index < -0.39 is 0 Å². The number of hydrogen-bond donors (Lipinski definition) is 1. The fraction of sp³-hybridized carbons (Fsp3) is 1.00. The molecule has 3 aliphatic rings. The van der Waals surface area contributed by atoms with Crippen LogP contribution in [0.1, 0.15) is 77.6 Å². The third-order valence-electron chi connectivity index (χ3n) is 6.44. The highest BCUT2D eigenvalue weighted by Gasteiger charge is 2.38. The lowest BCUT2D eigenvalue weighted by molar-refractivity contribution is 0.0940. The van der Waals surface area contributed by atoms with Crippen molar-refractivity contribution >= 4 is 0 Å². The molecule has 0 heterocycles. The summed E-state index contributed by atoms with van der Waals surface area (Å²) in [6, 6.07) is 0.857. The normalized spacial score (nSPS) is 38.1. The van der Waals surface area contributed by atoms with E-state index in [0.717, 1.165) is 29.7 Å². The zero-order chi connectivity index (χ0) is 13.1. The zero-order valence-electron chi connectivity index (χ0n) is 12.9. The first kappa shape index (κ1) is 13.9. The van der Waals surface area contributed by atoms with Gasteiger partial charge in [-0.3, -0.25) is 0 Å². The molecule has 0 saturated heterocycles. The molecule has 3 rings (SSSR count). The Morgan fingerprint density at radius 1 is 0.789 bits per heavy atom. The molecule has 1 nitrogen and oxygen atoms in total. The first-order chi connectivity index (χ1) is 9.38. The predicted molar refractivity (Wildman–Crippen MR) is 82.2 cm³/mol. The molecule has 0 aromatic rings. The third kappa shape index (κ3) is 3.17. The van der Waals surface area contributed by atoms with E-state index >= 15 is 0 Å². The molecule has 0 aromatic carbocycles. The Morgan fingerprint density at radius 2 is 1.47 bits per heavy atom. The Morgan fingerprint density at radius 3 is 2.21 bits per heavy atom. The maximum Gasteiger partial charge on any atom is 0.0124 e. The molecule has 1 N–H and O–H groups in total. The molecule has 110 valence electrons. The zero-order valence-corrected chi connectivity index (χ0v) is 12.9. The first-order valence-corrected chi connectivity index (χ1v) is 9.12. The standard InChI is InChI=1S/C18H33N/c1-2-19-18(15-8-4-5-9-15)17-12-11-14-7-3-6-10-16(14)13-17/h14-19H,2-13H2,1H3. The summed E-state index contributed by atoms with van der Waals surface area (Å²) in [5, 5.41) is 3.89. The van der Waals surface area contributed by atoms with Gasteiger partial charge in [0.1, 0.15) is 0 Å². The van der Waals surface area contributed by atoms with Crippen LogP contribution in [0.15, 0.2) is 0 Å². The summed E-state index contributed by atoms with van der Waals surface area (Å²) in [5.41, 5.74) is 0. The van der Waals surface area contributed by atoms with Crippen LogP contribution in [0.5, 0.6) is 0 Å².